The van der Waals surface area contributed by atoms with E-state index < -0.39 is 6.10 Å². The Morgan fingerprint density at radius 2 is 0.531 bits per heavy atom. The fraction of sp³-hybridized carbons (Fsp3) is 0.914. The molecule has 0 aliphatic rings. The molecule has 0 amide bonds. The summed E-state index contributed by atoms with van der Waals surface area (Å²) in [5.74, 6) is -0.859. The highest BCUT2D eigenvalue weighted by molar-refractivity contribution is 5.71. The molecule has 0 heterocycles. The lowest BCUT2D eigenvalue weighted by Gasteiger charge is -2.18. The number of hydrogen-bond acceptors (Lipinski definition) is 6. The van der Waals surface area contributed by atoms with Gasteiger partial charge in [0, 0.05) is 19.3 Å². The van der Waals surface area contributed by atoms with Crippen LogP contribution in [-0.4, -0.2) is 37.2 Å². The van der Waals surface area contributed by atoms with Crippen molar-refractivity contribution in [1.82, 2.24) is 0 Å². The van der Waals surface area contributed by atoms with Gasteiger partial charge in [-0.05, 0) is 38.5 Å². The number of carbonyl (C=O) groups is 3. The van der Waals surface area contributed by atoms with E-state index in [9.17, 15) is 14.4 Å². The van der Waals surface area contributed by atoms with E-state index >= 15 is 0 Å². The minimum atomic E-state index is -0.768. The zero-order valence-corrected chi connectivity index (χ0v) is 43.3. The Morgan fingerprint density at radius 1 is 0.297 bits per heavy atom. The average Bonchev–Trinajstić information content (AvgIpc) is 3.29. The monoisotopic (exact) mass is 903 g/mol. The standard InChI is InChI=1S/C58H110O6/c1-4-7-10-13-16-19-22-24-26-28-30-32-34-36-39-42-45-48-51-57(60)63-54-55(53-62-56(59)50-47-44-41-38-21-18-15-12-9-6-3)64-58(61)52-49-46-43-40-37-35-33-31-29-27-25-23-20-17-14-11-8-5-2/h15,18,55H,4-14,16-17,19-54H2,1-3H3/b18-15-. The van der Waals surface area contributed by atoms with Gasteiger partial charge in [0.15, 0.2) is 6.10 Å². The average molecular weight is 904 g/mol. The van der Waals surface area contributed by atoms with Crippen molar-refractivity contribution in [2.75, 3.05) is 13.2 Å². The largest absolute Gasteiger partial charge is 0.462 e. The molecule has 0 bridgehead atoms. The molecule has 0 fully saturated rings. The Labute approximate surface area is 399 Å². The van der Waals surface area contributed by atoms with E-state index in [1.165, 1.54) is 205 Å². The van der Waals surface area contributed by atoms with Crippen molar-refractivity contribution in [2.45, 2.75) is 329 Å². The maximum absolute atomic E-state index is 12.8. The number of ether oxygens (including phenoxy) is 3. The fourth-order valence-corrected chi connectivity index (χ4v) is 8.66. The van der Waals surface area contributed by atoms with Crippen LogP contribution in [0.25, 0.3) is 0 Å². The summed E-state index contributed by atoms with van der Waals surface area (Å²) in [7, 11) is 0. The first kappa shape index (κ1) is 62.1. The summed E-state index contributed by atoms with van der Waals surface area (Å²) in [4.78, 5) is 38.0. The second-order valence-corrected chi connectivity index (χ2v) is 19.6. The molecule has 0 saturated carbocycles. The van der Waals surface area contributed by atoms with E-state index in [0.717, 1.165) is 77.0 Å². The first-order chi connectivity index (χ1) is 31.5. The third-order valence-corrected chi connectivity index (χ3v) is 13.0. The predicted molar refractivity (Wildman–Crippen MR) is 275 cm³/mol. The molecule has 6 nitrogen and oxygen atoms in total. The number of allylic oxidation sites excluding steroid dienone is 2. The minimum Gasteiger partial charge on any atom is -0.462 e. The minimum absolute atomic E-state index is 0.0677. The highest BCUT2D eigenvalue weighted by Crippen LogP contribution is 2.17. The van der Waals surface area contributed by atoms with Crippen molar-refractivity contribution in [2.24, 2.45) is 0 Å². The van der Waals surface area contributed by atoms with Gasteiger partial charge in [-0.1, -0.05) is 277 Å². The Balaban J connectivity index is 4.24. The van der Waals surface area contributed by atoms with Gasteiger partial charge in [0.2, 0.25) is 0 Å². The van der Waals surface area contributed by atoms with Gasteiger partial charge in [-0.15, -0.1) is 0 Å². The molecule has 0 spiro atoms. The number of esters is 3. The highest BCUT2D eigenvalue weighted by Gasteiger charge is 2.19. The summed E-state index contributed by atoms with van der Waals surface area (Å²) < 4.78 is 16.8. The first-order valence-corrected chi connectivity index (χ1v) is 28.7. The van der Waals surface area contributed by atoms with Crippen LogP contribution in [-0.2, 0) is 28.6 Å². The molecule has 0 aliphatic carbocycles. The molecule has 1 atom stereocenters. The summed E-state index contributed by atoms with van der Waals surface area (Å²) in [6.45, 7) is 6.64. The topological polar surface area (TPSA) is 78.9 Å². The number of carbonyl (C=O) groups excluding carboxylic acids is 3. The maximum Gasteiger partial charge on any atom is 0.306 e. The van der Waals surface area contributed by atoms with E-state index in [0.29, 0.717) is 19.3 Å². The summed E-state index contributed by atoms with van der Waals surface area (Å²) >= 11 is 0. The second-order valence-electron chi connectivity index (χ2n) is 19.6. The Kier molecular flexibility index (Phi) is 52.2. The molecule has 6 heteroatoms. The maximum atomic E-state index is 12.8. The normalized spacial score (nSPS) is 12.0. The SMILES string of the molecule is CCCC/C=C\CCCCCCC(=O)OCC(COC(=O)CCCCCCCCCCCCCCCCCCCC)OC(=O)CCCCCCCCCCCCCCCCCCCC. The van der Waals surface area contributed by atoms with E-state index in [4.69, 9.17) is 14.2 Å². The van der Waals surface area contributed by atoms with Crippen LogP contribution < -0.4 is 0 Å². The molecule has 1 unspecified atom stereocenters. The number of hydrogen-bond donors (Lipinski definition) is 0. The lowest BCUT2D eigenvalue weighted by molar-refractivity contribution is -0.167. The fourth-order valence-electron chi connectivity index (χ4n) is 8.66. The Hall–Kier alpha value is -1.85. The van der Waals surface area contributed by atoms with Crippen LogP contribution >= 0.6 is 0 Å². The zero-order chi connectivity index (χ0) is 46.5. The van der Waals surface area contributed by atoms with Crippen LogP contribution in [0.3, 0.4) is 0 Å². The predicted octanol–water partition coefficient (Wildman–Crippen LogP) is 18.9. The van der Waals surface area contributed by atoms with Crippen LogP contribution in [0.15, 0.2) is 12.2 Å². The van der Waals surface area contributed by atoms with Gasteiger partial charge in [0.1, 0.15) is 13.2 Å². The van der Waals surface area contributed by atoms with Gasteiger partial charge in [0.05, 0.1) is 0 Å². The van der Waals surface area contributed by atoms with Crippen molar-refractivity contribution in [3.05, 3.63) is 12.2 Å². The number of unbranched alkanes of at least 4 members (excludes halogenated alkanes) is 40. The van der Waals surface area contributed by atoms with Gasteiger partial charge in [-0.25, -0.2) is 0 Å². The molecule has 0 rings (SSSR count). The lowest BCUT2D eigenvalue weighted by Crippen LogP contribution is -2.30. The number of rotatable bonds is 53. The van der Waals surface area contributed by atoms with E-state index in [1.807, 2.05) is 0 Å². The van der Waals surface area contributed by atoms with E-state index in [-0.39, 0.29) is 31.1 Å². The molecule has 0 aromatic heterocycles. The van der Waals surface area contributed by atoms with Gasteiger partial charge >= 0.3 is 17.9 Å². The van der Waals surface area contributed by atoms with Crippen LogP contribution in [0.4, 0.5) is 0 Å². The Bertz CT molecular complexity index is 993. The molecule has 378 valence electrons. The molecule has 0 saturated heterocycles. The molecular formula is C58H110O6. The van der Waals surface area contributed by atoms with Gasteiger partial charge in [0.25, 0.3) is 0 Å². The summed E-state index contributed by atoms with van der Waals surface area (Å²) in [5.41, 5.74) is 0. The third-order valence-electron chi connectivity index (χ3n) is 13.0. The molecule has 0 aromatic rings. The van der Waals surface area contributed by atoms with E-state index in [2.05, 4.69) is 32.9 Å². The molecule has 0 aromatic carbocycles. The Morgan fingerprint density at radius 3 is 0.828 bits per heavy atom. The van der Waals surface area contributed by atoms with Crippen LogP contribution in [0.2, 0.25) is 0 Å². The third kappa shape index (κ3) is 51.1. The molecule has 64 heavy (non-hydrogen) atoms. The van der Waals surface area contributed by atoms with Gasteiger partial charge < -0.3 is 14.2 Å². The molecule has 0 aliphatic heterocycles. The first-order valence-electron chi connectivity index (χ1n) is 28.7. The van der Waals surface area contributed by atoms with Crippen molar-refractivity contribution in [3.63, 3.8) is 0 Å². The lowest BCUT2D eigenvalue weighted by atomic mass is 10.0. The smallest absolute Gasteiger partial charge is 0.306 e. The quantitative estimate of drug-likeness (QED) is 0.0262. The van der Waals surface area contributed by atoms with Gasteiger partial charge in [-0.3, -0.25) is 14.4 Å². The summed E-state index contributed by atoms with van der Waals surface area (Å²) in [6.07, 6.45) is 60.7. The van der Waals surface area contributed by atoms with Crippen molar-refractivity contribution in [1.29, 1.82) is 0 Å². The zero-order valence-electron chi connectivity index (χ0n) is 43.3. The van der Waals surface area contributed by atoms with Crippen molar-refractivity contribution in [3.8, 4) is 0 Å². The highest BCUT2D eigenvalue weighted by atomic mass is 16.6. The summed E-state index contributed by atoms with van der Waals surface area (Å²) in [6, 6.07) is 0. The van der Waals surface area contributed by atoms with Crippen LogP contribution in [0.5, 0.6) is 0 Å². The molecular weight excluding hydrogens is 793 g/mol. The molecule has 0 N–H and O–H groups in total. The van der Waals surface area contributed by atoms with Crippen molar-refractivity contribution < 1.29 is 28.6 Å². The summed E-state index contributed by atoms with van der Waals surface area (Å²) in [5, 5.41) is 0. The van der Waals surface area contributed by atoms with Crippen LogP contribution in [0.1, 0.15) is 323 Å². The molecule has 0 radical (unpaired) electrons. The van der Waals surface area contributed by atoms with Crippen LogP contribution in [0, 0.1) is 0 Å². The second kappa shape index (κ2) is 53.8. The van der Waals surface area contributed by atoms with E-state index in [1.54, 1.807) is 0 Å². The van der Waals surface area contributed by atoms with Gasteiger partial charge in [-0.2, -0.15) is 0 Å². The van der Waals surface area contributed by atoms with Crippen molar-refractivity contribution >= 4 is 17.9 Å².